The van der Waals surface area contributed by atoms with Crippen LogP contribution in [0.4, 0.5) is 10.1 Å². The molecule has 0 radical (unpaired) electrons. The van der Waals surface area contributed by atoms with E-state index >= 15 is 0 Å². The Morgan fingerprint density at radius 1 is 1.13 bits per heavy atom. The third-order valence-electron chi connectivity index (χ3n) is 4.00. The molecule has 0 saturated carbocycles. The number of rotatable bonds is 4. The summed E-state index contributed by atoms with van der Waals surface area (Å²) in [4.78, 5) is 14.6. The summed E-state index contributed by atoms with van der Waals surface area (Å²) in [5.41, 5.74) is 2.24. The second kappa shape index (κ2) is 7.11. The van der Waals surface area contributed by atoms with Crippen molar-refractivity contribution in [3.8, 4) is 0 Å². The van der Waals surface area contributed by atoms with Gasteiger partial charge in [0.15, 0.2) is 0 Å². The number of hydrogen-bond donors (Lipinski definition) is 1. The summed E-state index contributed by atoms with van der Waals surface area (Å²) < 4.78 is 13.1. The summed E-state index contributed by atoms with van der Waals surface area (Å²) in [6, 6.07) is 11.7. The fraction of sp³-hybridized carbons (Fsp3) is 0.278. The van der Waals surface area contributed by atoms with E-state index in [0.29, 0.717) is 11.3 Å². The number of carbonyl (C=O) groups excluding carboxylic acids is 1. The Labute approximate surface area is 140 Å². The van der Waals surface area contributed by atoms with Gasteiger partial charge in [-0.15, -0.1) is 0 Å². The van der Waals surface area contributed by atoms with E-state index < -0.39 is 5.82 Å². The van der Waals surface area contributed by atoms with Gasteiger partial charge in [-0.2, -0.15) is 0 Å². The molecule has 1 aliphatic rings. The van der Waals surface area contributed by atoms with Crippen LogP contribution in [0.25, 0.3) is 0 Å². The van der Waals surface area contributed by atoms with Crippen LogP contribution in [0.1, 0.15) is 28.8 Å². The monoisotopic (exact) mass is 332 g/mol. The molecule has 3 rings (SSSR count). The molecule has 120 valence electrons. The normalized spacial score (nSPS) is 14.9. The van der Waals surface area contributed by atoms with Gasteiger partial charge >= 0.3 is 0 Å². The fourth-order valence-electron chi connectivity index (χ4n) is 2.74. The van der Waals surface area contributed by atoms with Gasteiger partial charge in [0, 0.05) is 17.8 Å². The van der Waals surface area contributed by atoms with Crippen LogP contribution in [0.5, 0.6) is 0 Å². The predicted octanol–water partition coefficient (Wildman–Crippen LogP) is 4.33. The van der Waals surface area contributed by atoms with E-state index in [4.69, 9.17) is 11.6 Å². The number of carbonyl (C=O) groups is 1. The van der Waals surface area contributed by atoms with Crippen LogP contribution in [0.15, 0.2) is 42.5 Å². The minimum atomic E-state index is -0.504. The Morgan fingerprint density at radius 3 is 2.48 bits per heavy atom. The maximum Gasteiger partial charge on any atom is 0.255 e. The number of nitrogens with one attached hydrogen (secondary N) is 1. The highest BCUT2D eigenvalue weighted by atomic mass is 35.5. The molecule has 0 aliphatic carbocycles. The number of amides is 1. The van der Waals surface area contributed by atoms with Crippen molar-refractivity contribution in [3.63, 3.8) is 0 Å². The number of likely N-dealkylation sites (tertiary alicyclic amines) is 1. The first-order valence-electron chi connectivity index (χ1n) is 7.69. The lowest BCUT2D eigenvalue weighted by Gasteiger charge is -2.14. The Morgan fingerprint density at radius 2 is 1.83 bits per heavy atom. The third kappa shape index (κ3) is 4.09. The SMILES string of the molecule is O=C(Nc1ccc(F)c(Cl)c1)c1ccc(CN2CCCC2)cc1. The maximum absolute atomic E-state index is 13.1. The van der Waals surface area contributed by atoms with Gasteiger partial charge in [-0.05, 0) is 61.8 Å². The van der Waals surface area contributed by atoms with Gasteiger partial charge in [-0.3, -0.25) is 9.69 Å². The summed E-state index contributed by atoms with van der Waals surface area (Å²) >= 11 is 5.71. The van der Waals surface area contributed by atoms with Crippen molar-refractivity contribution in [1.82, 2.24) is 4.90 Å². The lowest BCUT2D eigenvalue weighted by Crippen LogP contribution is -2.18. The highest BCUT2D eigenvalue weighted by Gasteiger charge is 2.12. The smallest absolute Gasteiger partial charge is 0.255 e. The lowest BCUT2D eigenvalue weighted by atomic mass is 10.1. The molecule has 1 N–H and O–H groups in total. The van der Waals surface area contributed by atoms with Crippen molar-refractivity contribution in [2.75, 3.05) is 18.4 Å². The van der Waals surface area contributed by atoms with E-state index in [9.17, 15) is 9.18 Å². The predicted molar refractivity (Wildman–Crippen MR) is 90.3 cm³/mol. The zero-order valence-electron chi connectivity index (χ0n) is 12.7. The molecule has 0 aromatic heterocycles. The number of halogens is 2. The molecule has 0 atom stereocenters. The highest BCUT2D eigenvalue weighted by molar-refractivity contribution is 6.31. The van der Waals surface area contributed by atoms with Gasteiger partial charge in [0.2, 0.25) is 0 Å². The highest BCUT2D eigenvalue weighted by Crippen LogP contribution is 2.20. The van der Waals surface area contributed by atoms with Gasteiger partial charge in [0.25, 0.3) is 5.91 Å². The zero-order valence-corrected chi connectivity index (χ0v) is 13.4. The second-order valence-electron chi connectivity index (χ2n) is 5.76. The summed E-state index contributed by atoms with van der Waals surface area (Å²) in [6.07, 6.45) is 2.53. The van der Waals surface area contributed by atoms with E-state index in [-0.39, 0.29) is 10.9 Å². The van der Waals surface area contributed by atoms with Crippen LogP contribution in [-0.4, -0.2) is 23.9 Å². The fourth-order valence-corrected chi connectivity index (χ4v) is 2.92. The topological polar surface area (TPSA) is 32.3 Å². The molecule has 1 amide bonds. The van der Waals surface area contributed by atoms with E-state index in [1.807, 2.05) is 24.3 Å². The summed E-state index contributed by atoms with van der Waals surface area (Å²) in [5.74, 6) is -0.740. The van der Waals surface area contributed by atoms with Gasteiger partial charge < -0.3 is 5.32 Å². The summed E-state index contributed by atoms with van der Waals surface area (Å²) in [7, 11) is 0. The van der Waals surface area contributed by atoms with E-state index in [1.54, 1.807) is 0 Å². The first-order chi connectivity index (χ1) is 11.1. The molecule has 0 unspecified atom stereocenters. The van der Waals surface area contributed by atoms with Crippen LogP contribution < -0.4 is 5.32 Å². The van der Waals surface area contributed by atoms with Crippen molar-refractivity contribution in [2.45, 2.75) is 19.4 Å². The largest absolute Gasteiger partial charge is 0.322 e. The Kier molecular flexibility index (Phi) is 4.94. The quantitative estimate of drug-likeness (QED) is 0.904. The van der Waals surface area contributed by atoms with Crippen LogP contribution in [0, 0.1) is 5.82 Å². The van der Waals surface area contributed by atoms with Crippen molar-refractivity contribution < 1.29 is 9.18 Å². The molecule has 1 heterocycles. The minimum absolute atomic E-state index is 0.0104. The molecule has 0 spiro atoms. The van der Waals surface area contributed by atoms with Crippen molar-refractivity contribution in [2.24, 2.45) is 0 Å². The molecule has 2 aromatic carbocycles. The first kappa shape index (κ1) is 16.0. The lowest BCUT2D eigenvalue weighted by molar-refractivity contribution is 0.102. The molecule has 3 nitrogen and oxygen atoms in total. The van der Waals surface area contributed by atoms with Crippen LogP contribution in [0.2, 0.25) is 5.02 Å². The summed E-state index contributed by atoms with van der Waals surface area (Å²) in [5, 5.41) is 2.71. The molecule has 0 bridgehead atoms. The van der Waals surface area contributed by atoms with Crippen molar-refractivity contribution in [1.29, 1.82) is 0 Å². The molecule has 2 aromatic rings. The van der Waals surface area contributed by atoms with Gasteiger partial charge in [0.05, 0.1) is 5.02 Å². The molecular formula is C18H18ClFN2O. The van der Waals surface area contributed by atoms with E-state index in [0.717, 1.165) is 19.6 Å². The number of hydrogen-bond acceptors (Lipinski definition) is 2. The van der Waals surface area contributed by atoms with E-state index in [1.165, 1.54) is 36.6 Å². The number of nitrogens with zero attached hydrogens (tertiary/aromatic N) is 1. The van der Waals surface area contributed by atoms with Gasteiger partial charge in [-0.25, -0.2) is 4.39 Å². The van der Waals surface area contributed by atoms with E-state index in [2.05, 4.69) is 10.2 Å². The van der Waals surface area contributed by atoms with Gasteiger partial charge in [-0.1, -0.05) is 23.7 Å². The van der Waals surface area contributed by atoms with Crippen molar-refractivity contribution >= 4 is 23.2 Å². The zero-order chi connectivity index (χ0) is 16.2. The molecule has 23 heavy (non-hydrogen) atoms. The Bertz CT molecular complexity index is 697. The van der Waals surface area contributed by atoms with Gasteiger partial charge in [0.1, 0.15) is 5.82 Å². The van der Waals surface area contributed by atoms with Crippen LogP contribution >= 0.6 is 11.6 Å². The maximum atomic E-state index is 13.1. The van der Waals surface area contributed by atoms with Crippen LogP contribution in [-0.2, 0) is 6.54 Å². The second-order valence-corrected chi connectivity index (χ2v) is 6.17. The average molecular weight is 333 g/mol. The summed E-state index contributed by atoms with van der Waals surface area (Å²) in [6.45, 7) is 3.22. The Hall–Kier alpha value is -1.91. The molecule has 1 aliphatic heterocycles. The molecule has 1 saturated heterocycles. The molecule has 1 fully saturated rings. The van der Waals surface area contributed by atoms with Crippen LogP contribution in [0.3, 0.4) is 0 Å². The molecule has 5 heteroatoms. The average Bonchev–Trinajstić information content (AvgIpc) is 3.04. The third-order valence-corrected chi connectivity index (χ3v) is 4.29. The Balaban J connectivity index is 1.63. The molecular weight excluding hydrogens is 315 g/mol. The standard InChI is InChI=1S/C18H18ClFN2O/c19-16-11-15(7-8-17(16)20)21-18(23)14-5-3-13(4-6-14)12-22-9-1-2-10-22/h3-8,11H,1-2,9-10,12H2,(H,21,23). The minimum Gasteiger partial charge on any atom is -0.322 e. The number of anilines is 1. The number of benzene rings is 2. The van der Waals surface area contributed by atoms with Crippen molar-refractivity contribution in [3.05, 3.63) is 64.4 Å². The first-order valence-corrected chi connectivity index (χ1v) is 8.07.